The molecule has 0 spiro atoms. The van der Waals surface area contributed by atoms with E-state index in [2.05, 4.69) is 12.2 Å². The van der Waals surface area contributed by atoms with Crippen LogP contribution in [0.1, 0.15) is 48.5 Å². The number of rotatable bonds is 5. The highest BCUT2D eigenvalue weighted by molar-refractivity contribution is 5.90. The van der Waals surface area contributed by atoms with E-state index in [-0.39, 0.29) is 5.97 Å². The summed E-state index contributed by atoms with van der Waals surface area (Å²) in [5.74, 6) is 1.33. The van der Waals surface area contributed by atoms with Gasteiger partial charge in [-0.1, -0.05) is 44.4 Å². The minimum atomic E-state index is -0.256. The van der Waals surface area contributed by atoms with Gasteiger partial charge < -0.3 is 10.1 Å². The van der Waals surface area contributed by atoms with Crippen molar-refractivity contribution in [1.29, 1.82) is 0 Å². The van der Waals surface area contributed by atoms with Crippen molar-refractivity contribution in [3.8, 4) is 0 Å². The van der Waals surface area contributed by atoms with E-state index in [1.54, 1.807) is 0 Å². The Hall–Kier alpha value is -1.35. The Morgan fingerprint density at radius 1 is 1.30 bits per heavy atom. The van der Waals surface area contributed by atoms with Crippen LogP contribution in [0, 0.1) is 11.8 Å². The van der Waals surface area contributed by atoms with Crippen LogP contribution in [0.15, 0.2) is 24.3 Å². The summed E-state index contributed by atoms with van der Waals surface area (Å²) in [6, 6.07) is 7.65. The number of carbonyl (C=O) groups is 1. The zero-order chi connectivity index (χ0) is 14.4. The fourth-order valence-electron chi connectivity index (χ4n) is 3.07. The molecule has 0 bridgehead atoms. The molecule has 110 valence electrons. The van der Waals surface area contributed by atoms with Crippen LogP contribution < -0.4 is 5.32 Å². The molecule has 1 fully saturated rings. The molecule has 2 unspecified atom stereocenters. The van der Waals surface area contributed by atoms with Crippen molar-refractivity contribution in [1.82, 2.24) is 5.32 Å². The standard InChI is InChI=1S/C17H25NO2/c1-13-7-3-4-8-14(13)11-18-12-15-9-5-6-10-16(15)17(19)20-2/h5-6,9-10,13-14,18H,3-4,7-8,11-12H2,1-2H3. The third-order valence-corrected chi connectivity index (χ3v) is 4.43. The van der Waals surface area contributed by atoms with E-state index in [4.69, 9.17) is 4.74 Å². The summed E-state index contributed by atoms with van der Waals surface area (Å²) in [4.78, 5) is 11.7. The van der Waals surface area contributed by atoms with Gasteiger partial charge in [0.25, 0.3) is 0 Å². The average molecular weight is 275 g/mol. The molecule has 1 aromatic carbocycles. The van der Waals surface area contributed by atoms with Crippen LogP contribution in [-0.2, 0) is 11.3 Å². The Kier molecular flexibility index (Phi) is 5.60. The zero-order valence-corrected chi connectivity index (χ0v) is 12.5. The lowest BCUT2D eigenvalue weighted by atomic mass is 9.80. The normalized spacial score (nSPS) is 22.5. The number of ether oxygens (including phenoxy) is 1. The molecule has 1 N–H and O–H groups in total. The van der Waals surface area contributed by atoms with Gasteiger partial charge in [-0.05, 0) is 36.4 Å². The van der Waals surface area contributed by atoms with E-state index in [1.165, 1.54) is 32.8 Å². The number of carbonyl (C=O) groups excluding carboxylic acids is 1. The van der Waals surface area contributed by atoms with Gasteiger partial charge in [-0.25, -0.2) is 4.79 Å². The molecule has 0 aromatic heterocycles. The van der Waals surface area contributed by atoms with Crippen LogP contribution in [-0.4, -0.2) is 19.6 Å². The molecule has 0 radical (unpaired) electrons. The number of nitrogens with one attached hydrogen (secondary N) is 1. The van der Waals surface area contributed by atoms with Crippen LogP contribution in [0.3, 0.4) is 0 Å². The van der Waals surface area contributed by atoms with E-state index in [0.29, 0.717) is 5.56 Å². The molecule has 0 heterocycles. The van der Waals surface area contributed by atoms with Crippen LogP contribution >= 0.6 is 0 Å². The molecular formula is C17H25NO2. The number of benzene rings is 1. The fraction of sp³-hybridized carbons (Fsp3) is 0.588. The maximum absolute atomic E-state index is 11.7. The zero-order valence-electron chi connectivity index (χ0n) is 12.5. The van der Waals surface area contributed by atoms with Crippen molar-refractivity contribution in [3.05, 3.63) is 35.4 Å². The highest BCUT2D eigenvalue weighted by atomic mass is 16.5. The van der Waals surface area contributed by atoms with Crippen molar-refractivity contribution >= 4 is 5.97 Å². The molecule has 3 heteroatoms. The van der Waals surface area contributed by atoms with Gasteiger partial charge in [-0.15, -0.1) is 0 Å². The van der Waals surface area contributed by atoms with Crippen molar-refractivity contribution in [2.45, 2.75) is 39.2 Å². The number of methoxy groups -OCH3 is 1. The molecular weight excluding hydrogens is 250 g/mol. The van der Waals surface area contributed by atoms with E-state index >= 15 is 0 Å². The molecule has 1 aromatic rings. The van der Waals surface area contributed by atoms with Gasteiger partial charge >= 0.3 is 5.97 Å². The Bertz CT molecular complexity index is 444. The van der Waals surface area contributed by atoms with Crippen molar-refractivity contribution in [3.63, 3.8) is 0 Å². The smallest absolute Gasteiger partial charge is 0.338 e. The van der Waals surface area contributed by atoms with Gasteiger partial charge in [0.05, 0.1) is 12.7 Å². The summed E-state index contributed by atoms with van der Waals surface area (Å²) in [5.41, 5.74) is 1.68. The lowest BCUT2D eigenvalue weighted by molar-refractivity contribution is 0.0599. The SMILES string of the molecule is COC(=O)c1ccccc1CNCC1CCCCC1C. The summed E-state index contributed by atoms with van der Waals surface area (Å²) in [6.07, 6.45) is 5.41. The molecule has 0 saturated heterocycles. The van der Waals surface area contributed by atoms with Crippen LogP contribution in [0.25, 0.3) is 0 Å². The lowest BCUT2D eigenvalue weighted by Gasteiger charge is -2.29. The second-order valence-corrected chi connectivity index (χ2v) is 5.80. The molecule has 20 heavy (non-hydrogen) atoms. The first-order valence-electron chi connectivity index (χ1n) is 7.59. The molecule has 2 atom stereocenters. The maximum atomic E-state index is 11.7. The van der Waals surface area contributed by atoms with E-state index in [9.17, 15) is 4.79 Å². The Morgan fingerprint density at radius 2 is 2.05 bits per heavy atom. The topological polar surface area (TPSA) is 38.3 Å². The predicted molar refractivity (Wildman–Crippen MR) is 80.6 cm³/mol. The van der Waals surface area contributed by atoms with Gasteiger partial charge in [0.2, 0.25) is 0 Å². The van der Waals surface area contributed by atoms with Crippen molar-refractivity contribution < 1.29 is 9.53 Å². The average Bonchev–Trinajstić information content (AvgIpc) is 2.49. The van der Waals surface area contributed by atoms with Gasteiger partial charge in [0.15, 0.2) is 0 Å². The quantitative estimate of drug-likeness (QED) is 0.837. The highest BCUT2D eigenvalue weighted by Crippen LogP contribution is 2.28. The molecule has 0 amide bonds. The minimum absolute atomic E-state index is 0.256. The Labute approximate surface area is 121 Å². The van der Waals surface area contributed by atoms with Gasteiger partial charge in [-0.3, -0.25) is 0 Å². The molecule has 0 aliphatic heterocycles. The summed E-state index contributed by atoms with van der Waals surface area (Å²) < 4.78 is 4.82. The minimum Gasteiger partial charge on any atom is -0.465 e. The van der Waals surface area contributed by atoms with E-state index in [1.807, 2.05) is 24.3 Å². The molecule has 1 aliphatic rings. The summed E-state index contributed by atoms with van der Waals surface area (Å²) >= 11 is 0. The van der Waals surface area contributed by atoms with Gasteiger partial charge in [0, 0.05) is 6.54 Å². The second kappa shape index (κ2) is 7.44. The second-order valence-electron chi connectivity index (χ2n) is 5.80. The third-order valence-electron chi connectivity index (χ3n) is 4.43. The summed E-state index contributed by atoms with van der Waals surface area (Å²) in [6.45, 7) is 4.12. The van der Waals surface area contributed by atoms with Crippen molar-refractivity contribution in [2.24, 2.45) is 11.8 Å². The number of esters is 1. The van der Waals surface area contributed by atoms with E-state index < -0.39 is 0 Å². The van der Waals surface area contributed by atoms with Crippen LogP contribution in [0.2, 0.25) is 0 Å². The third kappa shape index (κ3) is 3.83. The maximum Gasteiger partial charge on any atom is 0.338 e. The van der Waals surface area contributed by atoms with Gasteiger partial charge in [0.1, 0.15) is 0 Å². The largest absolute Gasteiger partial charge is 0.465 e. The monoisotopic (exact) mass is 275 g/mol. The molecule has 1 aliphatic carbocycles. The first kappa shape index (κ1) is 15.0. The molecule has 3 nitrogen and oxygen atoms in total. The Balaban J connectivity index is 1.89. The van der Waals surface area contributed by atoms with Crippen LogP contribution in [0.4, 0.5) is 0 Å². The number of hydrogen-bond acceptors (Lipinski definition) is 3. The first-order chi connectivity index (χ1) is 9.72. The highest BCUT2D eigenvalue weighted by Gasteiger charge is 2.20. The first-order valence-corrected chi connectivity index (χ1v) is 7.59. The predicted octanol–water partition coefficient (Wildman–Crippen LogP) is 3.39. The van der Waals surface area contributed by atoms with E-state index in [0.717, 1.165) is 30.5 Å². The fourth-order valence-corrected chi connectivity index (χ4v) is 3.07. The Morgan fingerprint density at radius 3 is 2.80 bits per heavy atom. The molecule has 2 rings (SSSR count). The van der Waals surface area contributed by atoms with Crippen LogP contribution in [0.5, 0.6) is 0 Å². The van der Waals surface area contributed by atoms with Gasteiger partial charge in [-0.2, -0.15) is 0 Å². The summed E-state index contributed by atoms with van der Waals surface area (Å²) in [5, 5.41) is 3.51. The lowest BCUT2D eigenvalue weighted by Crippen LogP contribution is -2.29. The number of hydrogen-bond donors (Lipinski definition) is 1. The molecule has 1 saturated carbocycles. The van der Waals surface area contributed by atoms with Crippen molar-refractivity contribution in [2.75, 3.05) is 13.7 Å². The summed E-state index contributed by atoms with van der Waals surface area (Å²) in [7, 11) is 1.43.